The van der Waals surface area contributed by atoms with Crippen molar-refractivity contribution in [3.63, 3.8) is 0 Å². The number of rotatable bonds is 3. The second kappa shape index (κ2) is 6.14. The Kier molecular flexibility index (Phi) is 4.53. The first-order valence-corrected chi connectivity index (χ1v) is 7.42. The third-order valence-corrected chi connectivity index (χ3v) is 4.00. The maximum Gasteiger partial charge on any atom is 0.161 e. The summed E-state index contributed by atoms with van der Waals surface area (Å²) in [6.45, 7) is 2.20. The van der Waals surface area contributed by atoms with Gasteiger partial charge in [0.25, 0.3) is 0 Å². The minimum Gasteiger partial charge on any atom is -0.378 e. The molecule has 2 rings (SSSR count). The van der Waals surface area contributed by atoms with Crippen LogP contribution in [0, 0.1) is 0 Å². The van der Waals surface area contributed by atoms with E-state index in [2.05, 4.69) is 55.5 Å². The summed E-state index contributed by atoms with van der Waals surface area (Å²) in [6.07, 6.45) is 2.33. The molecule has 3 nitrogen and oxygen atoms in total. The second-order valence-electron chi connectivity index (χ2n) is 4.70. The highest BCUT2D eigenvalue weighted by molar-refractivity contribution is 8.14. The van der Waals surface area contributed by atoms with Crippen molar-refractivity contribution in [1.82, 2.24) is 0 Å². The minimum atomic E-state index is 0.491. The number of benzene rings is 1. The lowest BCUT2D eigenvalue weighted by Gasteiger charge is -2.20. The Morgan fingerprint density at radius 2 is 2.28 bits per heavy atom. The van der Waals surface area contributed by atoms with Gasteiger partial charge in [-0.2, -0.15) is 0 Å². The van der Waals surface area contributed by atoms with Crippen molar-refractivity contribution in [2.75, 3.05) is 30.1 Å². The van der Waals surface area contributed by atoms with Crippen molar-refractivity contribution < 1.29 is 0 Å². The first-order valence-electron chi connectivity index (χ1n) is 6.44. The zero-order valence-electron chi connectivity index (χ0n) is 11.3. The number of amidine groups is 1. The van der Waals surface area contributed by atoms with Gasteiger partial charge >= 0.3 is 0 Å². The van der Waals surface area contributed by atoms with Gasteiger partial charge in [-0.05, 0) is 31.0 Å². The summed E-state index contributed by atoms with van der Waals surface area (Å²) in [5.74, 6) is 1.16. The minimum absolute atomic E-state index is 0.491. The number of aliphatic imine (C=N–C) groups is 1. The van der Waals surface area contributed by atoms with Crippen molar-refractivity contribution >= 4 is 28.3 Å². The van der Waals surface area contributed by atoms with Gasteiger partial charge in [0.05, 0.1) is 6.04 Å². The van der Waals surface area contributed by atoms with E-state index in [1.165, 1.54) is 12.1 Å². The molecule has 0 aliphatic carbocycles. The zero-order valence-corrected chi connectivity index (χ0v) is 12.1. The van der Waals surface area contributed by atoms with Gasteiger partial charge < -0.3 is 10.2 Å². The van der Waals surface area contributed by atoms with Gasteiger partial charge in [0.15, 0.2) is 5.17 Å². The summed E-state index contributed by atoms with van der Waals surface area (Å²) in [7, 11) is 4.11. The van der Waals surface area contributed by atoms with E-state index in [4.69, 9.17) is 4.99 Å². The second-order valence-corrected chi connectivity index (χ2v) is 5.79. The molecule has 0 fully saturated rings. The normalized spacial score (nSPS) is 19.3. The third kappa shape index (κ3) is 3.42. The van der Waals surface area contributed by atoms with Crippen LogP contribution in [0.25, 0.3) is 0 Å². The molecule has 0 spiro atoms. The summed E-state index contributed by atoms with van der Waals surface area (Å²) in [6, 6.07) is 8.91. The molecule has 1 N–H and O–H groups in total. The lowest BCUT2D eigenvalue weighted by atomic mass is 10.2. The average Bonchev–Trinajstić information content (AvgIpc) is 2.39. The van der Waals surface area contributed by atoms with Gasteiger partial charge in [-0.3, -0.25) is 4.99 Å². The summed E-state index contributed by atoms with van der Waals surface area (Å²) in [5, 5.41) is 4.49. The van der Waals surface area contributed by atoms with Crippen LogP contribution >= 0.6 is 11.8 Å². The fourth-order valence-corrected chi connectivity index (χ4v) is 2.91. The predicted molar refractivity (Wildman–Crippen MR) is 83.0 cm³/mol. The van der Waals surface area contributed by atoms with E-state index in [-0.39, 0.29) is 0 Å². The van der Waals surface area contributed by atoms with Gasteiger partial charge in [0.2, 0.25) is 0 Å². The molecular formula is C14H21N3S. The van der Waals surface area contributed by atoms with Crippen LogP contribution in [0.5, 0.6) is 0 Å². The fourth-order valence-electron chi connectivity index (χ4n) is 1.91. The molecule has 1 aromatic rings. The Hall–Kier alpha value is -1.16. The predicted octanol–water partition coefficient (Wildman–Crippen LogP) is 3.44. The molecule has 1 aliphatic rings. The molecule has 1 unspecified atom stereocenters. The summed E-state index contributed by atoms with van der Waals surface area (Å²) >= 11 is 1.82. The van der Waals surface area contributed by atoms with Crippen LogP contribution < -0.4 is 10.2 Å². The van der Waals surface area contributed by atoms with Gasteiger partial charge in [-0.25, -0.2) is 0 Å². The Labute approximate surface area is 114 Å². The van der Waals surface area contributed by atoms with Gasteiger partial charge in [-0.15, -0.1) is 0 Å². The highest BCUT2D eigenvalue weighted by atomic mass is 32.2. The maximum atomic E-state index is 4.72. The van der Waals surface area contributed by atoms with E-state index < -0.39 is 0 Å². The molecule has 1 atom stereocenters. The largest absolute Gasteiger partial charge is 0.378 e. The Morgan fingerprint density at radius 3 is 3.00 bits per heavy atom. The van der Waals surface area contributed by atoms with Gasteiger partial charge in [-0.1, -0.05) is 24.8 Å². The fraction of sp³-hybridized carbons (Fsp3) is 0.500. The van der Waals surface area contributed by atoms with Crippen molar-refractivity contribution in [3.8, 4) is 0 Å². The number of thioether (sulfide) groups is 1. The Morgan fingerprint density at radius 1 is 1.44 bits per heavy atom. The molecule has 0 saturated carbocycles. The third-order valence-electron chi connectivity index (χ3n) is 3.07. The molecule has 18 heavy (non-hydrogen) atoms. The molecule has 98 valence electrons. The quantitative estimate of drug-likeness (QED) is 0.905. The Bertz CT molecular complexity index is 429. The number of hydrogen-bond donors (Lipinski definition) is 1. The van der Waals surface area contributed by atoms with Crippen molar-refractivity contribution in [2.24, 2.45) is 4.99 Å². The smallest absolute Gasteiger partial charge is 0.161 e. The van der Waals surface area contributed by atoms with E-state index in [0.29, 0.717) is 6.04 Å². The van der Waals surface area contributed by atoms with E-state index in [9.17, 15) is 0 Å². The molecular weight excluding hydrogens is 242 g/mol. The van der Waals surface area contributed by atoms with Crippen molar-refractivity contribution in [3.05, 3.63) is 24.3 Å². The first-order chi connectivity index (χ1) is 8.69. The van der Waals surface area contributed by atoms with Gasteiger partial charge in [0, 0.05) is 31.2 Å². The molecule has 1 aliphatic heterocycles. The standard InChI is InChI=1S/C14H21N3S/c1-4-11-8-9-18-14(15-11)16-12-6-5-7-13(10-12)17(2)3/h5-7,10-11H,4,8-9H2,1-3H3,(H,15,16). The molecule has 0 bridgehead atoms. The average molecular weight is 263 g/mol. The number of nitrogens with zero attached hydrogens (tertiary/aromatic N) is 2. The lowest BCUT2D eigenvalue weighted by Crippen LogP contribution is -2.19. The first kappa shape index (κ1) is 13.3. The number of anilines is 2. The molecule has 0 radical (unpaired) electrons. The van der Waals surface area contributed by atoms with Crippen LogP contribution in [0.15, 0.2) is 29.3 Å². The molecule has 0 amide bonds. The highest BCUT2D eigenvalue weighted by Gasteiger charge is 2.14. The lowest BCUT2D eigenvalue weighted by molar-refractivity contribution is 0.634. The van der Waals surface area contributed by atoms with E-state index in [1.54, 1.807) is 0 Å². The van der Waals surface area contributed by atoms with E-state index in [0.717, 1.165) is 23.0 Å². The molecule has 1 aromatic carbocycles. The molecule has 4 heteroatoms. The topological polar surface area (TPSA) is 27.6 Å². The van der Waals surface area contributed by atoms with Crippen LogP contribution in [0.3, 0.4) is 0 Å². The number of hydrogen-bond acceptors (Lipinski definition) is 4. The van der Waals surface area contributed by atoms with Crippen molar-refractivity contribution in [1.29, 1.82) is 0 Å². The molecule has 1 heterocycles. The number of nitrogens with one attached hydrogen (secondary N) is 1. The molecule has 0 aromatic heterocycles. The van der Waals surface area contributed by atoms with Crippen LogP contribution in [-0.4, -0.2) is 31.1 Å². The van der Waals surface area contributed by atoms with Crippen LogP contribution in [0.2, 0.25) is 0 Å². The summed E-state index contributed by atoms with van der Waals surface area (Å²) < 4.78 is 0. The van der Waals surface area contributed by atoms with E-state index in [1.807, 2.05) is 11.8 Å². The van der Waals surface area contributed by atoms with Crippen molar-refractivity contribution in [2.45, 2.75) is 25.8 Å². The van der Waals surface area contributed by atoms with Crippen LogP contribution in [0.1, 0.15) is 19.8 Å². The summed E-state index contributed by atoms with van der Waals surface area (Å²) in [5.41, 5.74) is 2.32. The Balaban J connectivity index is 2.09. The maximum absolute atomic E-state index is 4.72. The van der Waals surface area contributed by atoms with E-state index >= 15 is 0 Å². The monoisotopic (exact) mass is 263 g/mol. The van der Waals surface area contributed by atoms with Crippen LogP contribution in [0.4, 0.5) is 11.4 Å². The van der Waals surface area contributed by atoms with Gasteiger partial charge in [0.1, 0.15) is 0 Å². The highest BCUT2D eigenvalue weighted by Crippen LogP contribution is 2.23. The zero-order chi connectivity index (χ0) is 13.0. The summed E-state index contributed by atoms with van der Waals surface area (Å²) in [4.78, 5) is 6.83. The van der Waals surface area contributed by atoms with Crippen LogP contribution in [-0.2, 0) is 0 Å². The molecule has 0 saturated heterocycles. The SMILES string of the molecule is CCC1CCSC(Nc2cccc(N(C)C)c2)=N1.